The van der Waals surface area contributed by atoms with Crippen molar-refractivity contribution in [3.05, 3.63) is 77.9 Å². The highest BCUT2D eigenvalue weighted by Gasteiger charge is 2.95. The van der Waals surface area contributed by atoms with Crippen LogP contribution in [0.4, 0.5) is 85.1 Å². The Bertz CT molecular complexity index is 2090. The molecule has 0 bridgehead atoms. The number of methoxy groups -OCH3 is 1. The predicted molar refractivity (Wildman–Crippen MR) is 228 cm³/mol. The van der Waals surface area contributed by atoms with Gasteiger partial charge in [0.1, 0.15) is 24.2 Å². The Hall–Kier alpha value is -4.75. The van der Waals surface area contributed by atoms with E-state index >= 15 is 8.78 Å². The lowest BCUT2D eigenvalue weighted by molar-refractivity contribution is -0.461. The molecule has 0 spiro atoms. The Balaban J connectivity index is 2.30. The van der Waals surface area contributed by atoms with Gasteiger partial charge in [-0.15, -0.1) is 0 Å². The fourth-order valence-corrected chi connectivity index (χ4v) is 11.6. The normalized spacial score (nSPS) is 15.0. The summed E-state index contributed by atoms with van der Waals surface area (Å²) < 4.78 is 264. The van der Waals surface area contributed by atoms with Gasteiger partial charge in [0.05, 0.1) is 20.3 Å². The molecule has 0 saturated heterocycles. The first-order valence-electron chi connectivity index (χ1n) is 21.6. The SMILES string of the molecule is CCOC(=O)/C=C(C)/C=C/CC[C@@H](C)[C@H](OC(=O)Nc1ccc(OC)cc1)c1ccc(OCCO[Si](CCC(F)(F)C(F)(F)C(F)(F)C(F)(F)C(F)(F)C(F)(F)C(F)(F)C(F)(F)F)(C(C)C)C(C)C)cc1. The zero-order valence-corrected chi connectivity index (χ0v) is 40.4. The Kier molecular flexibility index (Phi) is 21.0. The van der Waals surface area contributed by atoms with E-state index in [-0.39, 0.29) is 18.3 Å². The number of allylic oxidation sites excluding steroid dienone is 3. The van der Waals surface area contributed by atoms with Gasteiger partial charge in [-0.2, -0.15) is 74.6 Å². The van der Waals surface area contributed by atoms with Crippen LogP contribution in [0.5, 0.6) is 11.5 Å². The fourth-order valence-electron chi connectivity index (χ4n) is 7.15. The number of carbonyl (C=O) groups is 2. The van der Waals surface area contributed by atoms with E-state index in [1.165, 1.54) is 53.0 Å². The van der Waals surface area contributed by atoms with Crippen molar-refractivity contribution >= 4 is 26.1 Å². The number of alkyl halides is 17. The van der Waals surface area contributed by atoms with Crippen molar-refractivity contribution in [2.75, 3.05) is 32.2 Å². The molecule has 0 saturated carbocycles. The third kappa shape index (κ3) is 13.9. The van der Waals surface area contributed by atoms with Crippen molar-refractivity contribution in [3.63, 3.8) is 0 Å². The molecule has 0 unspecified atom stereocenters. The minimum Gasteiger partial charge on any atom is -0.497 e. The summed E-state index contributed by atoms with van der Waals surface area (Å²) in [5, 5.41) is 2.62. The lowest BCUT2D eigenvalue weighted by atomic mass is 9.88. The van der Waals surface area contributed by atoms with Gasteiger partial charge in [0.15, 0.2) is 8.32 Å². The van der Waals surface area contributed by atoms with Gasteiger partial charge in [0.2, 0.25) is 0 Å². The molecule has 404 valence electrons. The van der Waals surface area contributed by atoms with E-state index in [9.17, 15) is 75.4 Å². The smallest absolute Gasteiger partial charge is 0.460 e. The average molecular weight is 1070 g/mol. The molecule has 71 heavy (non-hydrogen) atoms. The first kappa shape index (κ1) is 62.4. The van der Waals surface area contributed by atoms with Crippen LogP contribution in [0.15, 0.2) is 72.3 Å². The summed E-state index contributed by atoms with van der Waals surface area (Å²) in [4.78, 5) is 24.8. The molecule has 2 rings (SSSR count). The first-order chi connectivity index (χ1) is 32.3. The minimum atomic E-state index is -8.70. The standard InChI is InChI=1S/C45H54F17NO7Si/c1-9-67-35(64)26-29(6)12-10-11-13-30(7)36(70-37(65)63-32-16-20-33(66-8)21-17-32)31-14-18-34(19-15-31)68-23-24-69-71(27(2)3,28(4)5)25-22-38(46,47)39(48,49)40(50,51)41(52,53)42(54,55)43(56,57)44(58,59)45(60,61)62/h10,12,14-21,26-28,30,36H,9,11,13,22-25H2,1-8H3,(H,63,65)/b12-10+,29-26+/t30-,36+/m1/s1. The quantitative estimate of drug-likeness (QED) is 0.0238. The molecule has 0 aliphatic carbocycles. The Morgan fingerprint density at radius 3 is 1.65 bits per heavy atom. The summed E-state index contributed by atoms with van der Waals surface area (Å²) in [5.74, 6) is -57.0. The minimum absolute atomic E-state index is 0.143. The van der Waals surface area contributed by atoms with Crippen molar-refractivity contribution < 1.29 is 108 Å². The van der Waals surface area contributed by atoms with Gasteiger partial charge in [0.25, 0.3) is 0 Å². The van der Waals surface area contributed by atoms with Gasteiger partial charge < -0.3 is 23.4 Å². The molecule has 0 heterocycles. The van der Waals surface area contributed by atoms with E-state index < -0.39 is 111 Å². The molecule has 1 amide bonds. The predicted octanol–water partition coefficient (Wildman–Crippen LogP) is 15.0. The van der Waals surface area contributed by atoms with Crippen LogP contribution >= 0.6 is 0 Å². The monoisotopic (exact) mass is 1070 g/mol. The van der Waals surface area contributed by atoms with Gasteiger partial charge in [-0.05, 0) is 97.3 Å². The first-order valence-corrected chi connectivity index (χ1v) is 23.8. The largest absolute Gasteiger partial charge is 0.497 e. The number of nitrogens with one attached hydrogen (secondary N) is 1. The van der Waals surface area contributed by atoms with Crippen LogP contribution in [0.3, 0.4) is 0 Å². The molecule has 2 atom stereocenters. The zero-order valence-electron chi connectivity index (χ0n) is 39.4. The van der Waals surface area contributed by atoms with Crippen molar-refractivity contribution in [2.45, 2.75) is 139 Å². The summed E-state index contributed by atoms with van der Waals surface area (Å²) in [6.07, 6.45) is -6.30. The van der Waals surface area contributed by atoms with E-state index in [0.717, 1.165) is 0 Å². The Labute approximate surface area is 399 Å². The van der Waals surface area contributed by atoms with Crippen molar-refractivity contribution in [1.29, 1.82) is 0 Å². The molecule has 0 aliphatic heterocycles. The van der Waals surface area contributed by atoms with Crippen LogP contribution in [0.1, 0.15) is 79.4 Å². The Morgan fingerprint density at radius 2 is 1.17 bits per heavy atom. The van der Waals surface area contributed by atoms with E-state index in [1.807, 2.05) is 13.0 Å². The maximum Gasteiger partial charge on any atom is 0.460 e. The molecule has 26 heteroatoms. The highest BCUT2D eigenvalue weighted by atomic mass is 28.4. The highest BCUT2D eigenvalue weighted by molar-refractivity contribution is 6.76. The maximum atomic E-state index is 15.1. The maximum absolute atomic E-state index is 15.1. The second-order valence-electron chi connectivity index (χ2n) is 17.0. The molecule has 0 radical (unpaired) electrons. The van der Waals surface area contributed by atoms with Crippen LogP contribution in [0.2, 0.25) is 17.1 Å². The number of rotatable bonds is 27. The number of hydrogen-bond donors (Lipinski definition) is 1. The molecule has 2 aromatic rings. The van der Waals surface area contributed by atoms with Crippen LogP contribution in [-0.2, 0) is 18.7 Å². The van der Waals surface area contributed by atoms with Gasteiger partial charge in [0, 0.05) is 18.2 Å². The van der Waals surface area contributed by atoms with Crippen molar-refractivity contribution in [2.24, 2.45) is 5.92 Å². The second-order valence-corrected chi connectivity index (χ2v) is 22.0. The summed E-state index contributed by atoms with van der Waals surface area (Å²) in [5.41, 5.74) is -0.280. The Morgan fingerprint density at radius 1 is 0.676 bits per heavy atom. The number of esters is 1. The van der Waals surface area contributed by atoms with E-state index in [2.05, 4.69) is 5.32 Å². The molecule has 0 aromatic heterocycles. The molecule has 1 N–H and O–H groups in total. The third-order valence-corrected chi connectivity index (χ3v) is 17.1. The van der Waals surface area contributed by atoms with Gasteiger partial charge >= 0.3 is 59.7 Å². The van der Waals surface area contributed by atoms with Crippen LogP contribution in [0.25, 0.3) is 0 Å². The van der Waals surface area contributed by atoms with E-state index in [0.29, 0.717) is 35.4 Å². The van der Waals surface area contributed by atoms with Crippen LogP contribution in [0, 0.1) is 5.92 Å². The third-order valence-electron chi connectivity index (χ3n) is 11.4. The number of carbonyl (C=O) groups excluding carboxylic acids is 2. The number of amides is 1. The van der Waals surface area contributed by atoms with E-state index in [1.54, 1.807) is 56.3 Å². The molecular weight excluding hydrogens is 1020 g/mol. The van der Waals surface area contributed by atoms with Crippen LogP contribution in [-0.4, -0.2) is 94.9 Å². The molecule has 0 fully saturated rings. The summed E-state index contributed by atoms with van der Waals surface area (Å²) >= 11 is 0. The number of benzene rings is 2. The number of anilines is 1. The number of ether oxygens (including phenoxy) is 4. The summed E-state index contributed by atoms with van der Waals surface area (Å²) in [6.45, 7) is 9.74. The fraction of sp³-hybridized carbons (Fsp3) is 0.600. The average Bonchev–Trinajstić information content (AvgIpc) is 3.26. The second kappa shape index (κ2) is 23.9. The van der Waals surface area contributed by atoms with Gasteiger partial charge in [-0.25, -0.2) is 9.59 Å². The zero-order chi connectivity index (χ0) is 54.8. The van der Waals surface area contributed by atoms with Crippen molar-refractivity contribution in [3.8, 4) is 11.5 Å². The number of hydrogen-bond acceptors (Lipinski definition) is 7. The summed E-state index contributed by atoms with van der Waals surface area (Å²) in [6, 6.07) is 11.0. The van der Waals surface area contributed by atoms with Crippen LogP contribution < -0.4 is 14.8 Å². The molecule has 2 aromatic carbocycles. The highest BCUT2D eigenvalue weighted by Crippen LogP contribution is 2.64. The van der Waals surface area contributed by atoms with Crippen molar-refractivity contribution in [1.82, 2.24) is 0 Å². The van der Waals surface area contributed by atoms with Gasteiger partial charge in [-0.3, -0.25) is 5.32 Å². The van der Waals surface area contributed by atoms with Gasteiger partial charge in [-0.1, -0.05) is 58.9 Å². The lowest BCUT2D eigenvalue weighted by Gasteiger charge is -2.44. The molecular formula is C45H54F17NO7Si. The van der Waals surface area contributed by atoms with E-state index in [4.69, 9.17) is 23.4 Å². The lowest BCUT2D eigenvalue weighted by Crippen LogP contribution is -2.74. The summed E-state index contributed by atoms with van der Waals surface area (Å²) in [7, 11) is -2.56. The topological polar surface area (TPSA) is 92.3 Å². The molecule has 0 aliphatic rings. The molecule has 8 nitrogen and oxygen atoms in total. The number of halogens is 17.